The number of unbranched alkanes of at least 4 members (excludes halogenated alkanes) is 2. The summed E-state index contributed by atoms with van der Waals surface area (Å²) in [7, 11) is 1.54. The average molecular weight is 447 g/mol. The van der Waals surface area contributed by atoms with Crippen molar-refractivity contribution in [3.05, 3.63) is 47.5 Å². The van der Waals surface area contributed by atoms with Gasteiger partial charge in [-0.3, -0.25) is 4.79 Å². The fourth-order valence-electron chi connectivity index (χ4n) is 2.84. The highest BCUT2D eigenvalue weighted by Crippen LogP contribution is 2.28. The van der Waals surface area contributed by atoms with E-state index in [0.717, 1.165) is 25.7 Å². The number of ether oxygens (including phenoxy) is 5. The van der Waals surface area contributed by atoms with Gasteiger partial charge in [0.25, 0.3) is 0 Å². The summed E-state index contributed by atoms with van der Waals surface area (Å²) in [4.78, 5) is 12.9. The van der Waals surface area contributed by atoms with Crippen molar-refractivity contribution >= 4 is 5.78 Å². The first-order chi connectivity index (χ1) is 15.6. The normalized spacial score (nSPS) is 10.6. The Labute approximate surface area is 190 Å². The highest BCUT2D eigenvalue weighted by atomic mass is 16.7. The molecule has 7 nitrogen and oxygen atoms in total. The van der Waals surface area contributed by atoms with E-state index in [1.165, 1.54) is 0 Å². The second-order valence-electron chi connectivity index (χ2n) is 7.25. The molecule has 0 saturated heterocycles. The van der Waals surface area contributed by atoms with Crippen molar-refractivity contribution in [2.24, 2.45) is 0 Å². The number of Topliss-reactive ketones (excluding diaryl/α,β-unsaturated/α-hetero) is 1. The van der Waals surface area contributed by atoms with Crippen LogP contribution in [0.25, 0.3) is 0 Å². The van der Waals surface area contributed by atoms with Gasteiger partial charge in [-0.1, -0.05) is 26.7 Å². The number of ketones is 1. The first-order valence-electron chi connectivity index (χ1n) is 11.0. The Morgan fingerprint density at radius 2 is 1.50 bits per heavy atom. The van der Waals surface area contributed by atoms with Gasteiger partial charge < -0.3 is 28.8 Å². The van der Waals surface area contributed by atoms with Gasteiger partial charge in [-0.05, 0) is 37.1 Å². The highest BCUT2D eigenvalue weighted by Gasteiger charge is 2.16. The quantitative estimate of drug-likeness (QED) is 0.226. The molecule has 2 aromatic carbocycles. The van der Waals surface area contributed by atoms with Crippen LogP contribution in [0.2, 0.25) is 0 Å². The molecule has 0 fully saturated rings. The topological polar surface area (TPSA) is 83.5 Å². The van der Waals surface area contributed by atoms with Crippen LogP contribution in [-0.2, 0) is 11.3 Å². The molecule has 7 heteroatoms. The molecule has 0 saturated carbocycles. The molecule has 176 valence electrons. The SMILES string of the molecule is CCCCOc1ccc(CO)c(OCC(=O)c2ccc(OCOC)cc2OCCCC)c1. The van der Waals surface area contributed by atoms with Gasteiger partial charge in [0, 0.05) is 24.8 Å². The highest BCUT2D eigenvalue weighted by molar-refractivity contribution is 6.00. The molecule has 0 aliphatic rings. The average Bonchev–Trinajstić information content (AvgIpc) is 2.81. The minimum absolute atomic E-state index is 0.103. The predicted octanol–water partition coefficient (Wildman–Crippen LogP) is 4.78. The lowest BCUT2D eigenvalue weighted by molar-refractivity contribution is 0.0509. The number of carbonyl (C=O) groups excluding carboxylic acids is 1. The minimum atomic E-state index is -0.240. The molecule has 2 aromatic rings. The maximum Gasteiger partial charge on any atom is 0.203 e. The van der Waals surface area contributed by atoms with E-state index in [1.54, 1.807) is 43.5 Å². The first-order valence-corrected chi connectivity index (χ1v) is 11.0. The number of aliphatic hydroxyl groups is 1. The number of methoxy groups -OCH3 is 1. The summed E-state index contributed by atoms with van der Waals surface area (Å²) < 4.78 is 27.7. The van der Waals surface area contributed by atoms with E-state index >= 15 is 0 Å². The third-order valence-corrected chi connectivity index (χ3v) is 4.69. The summed E-state index contributed by atoms with van der Waals surface area (Å²) in [5.74, 6) is 1.82. The number of aliphatic hydroxyl groups excluding tert-OH is 1. The number of carbonyl (C=O) groups is 1. The Morgan fingerprint density at radius 3 is 2.19 bits per heavy atom. The third-order valence-electron chi connectivity index (χ3n) is 4.69. The van der Waals surface area contributed by atoms with Crippen LogP contribution in [0, 0.1) is 0 Å². The van der Waals surface area contributed by atoms with Gasteiger partial charge in [-0.15, -0.1) is 0 Å². The van der Waals surface area contributed by atoms with Crippen molar-refractivity contribution in [2.75, 3.05) is 33.7 Å². The monoisotopic (exact) mass is 446 g/mol. The van der Waals surface area contributed by atoms with Crippen LogP contribution in [0.15, 0.2) is 36.4 Å². The molecule has 0 amide bonds. The lowest BCUT2D eigenvalue weighted by atomic mass is 10.1. The molecule has 32 heavy (non-hydrogen) atoms. The van der Waals surface area contributed by atoms with Gasteiger partial charge in [0.1, 0.15) is 23.0 Å². The standard InChI is InChI=1S/C25H34O7/c1-4-6-12-29-20-9-8-19(16-26)24(14-20)31-17-23(27)22-11-10-21(32-18-28-3)15-25(22)30-13-7-5-2/h8-11,14-15,26H,4-7,12-13,16-18H2,1-3H3. The fourth-order valence-corrected chi connectivity index (χ4v) is 2.84. The molecule has 0 aliphatic heterocycles. The summed E-state index contributed by atoms with van der Waals surface area (Å²) in [6.07, 6.45) is 3.83. The Hall–Kier alpha value is -2.77. The second-order valence-corrected chi connectivity index (χ2v) is 7.25. The summed E-state index contributed by atoms with van der Waals surface area (Å²) >= 11 is 0. The summed E-state index contributed by atoms with van der Waals surface area (Å²) in [6, 6.07) is 10.3. The molecule has 2 rings (SSSR count). The van der Waals surface area contributed by atoms with Crippen LogP contribution in [-0.4, -0.2) is 44.6 Å². The number of hydrogen-bond acceptors (Lipinski definition) is 7. The van der Waals surface area contributed by atoms with Crippen molar-refractivity contribution in [1.82, 2.24) is 0 Å². The Morgan fingerprint density at radius 1 is 0.844 bits per heavy atom. The lowest BCUT2D eigenvalue weighted by Gasteiger charge is -2.15. The summed E-state index contributed by atoms with van der Waals surface area (Å²) in [5, 5.41) is 9.62. The van der Waals surface area contributed by atoms with Crippen LogP contribution in [0.4, 0.5) is 0 Å². The van der Waals surface area contributed by atoms with Crippen molar-refractivity contribution in [3.63, 3.8) is 0 Å². The number of hydrogen-bond donors (Lipinski definition) is 1. The van der Waals surface area contributed by atoms with E-state index in [2.05, 4.69) is 13.8 Å². The Kier molecular flexibility index (Phi) is 11.4. The van der Waals surface area contributed by atoms with Crippen LogP contribution in [0.1, 0.15) is 55.5 Å². The largest absolute Gasteiger partial charge is 0.493 e. The maximum absolute atomic E-state index is 12.9. The third kappa shape index (κ3) is 8.05. The van der Waals surface area contributed by atoms with Crippen molar-refractivity contribution in [1.29, 1.82) is 0 Å². The minimum Gasteiger partial charge on any atom is -0.493 e. The lowest BCUT2D eigenvalue weighted by Crippen LogP contribution is -2.14. The molecule has 1 N–H and O–H groups in total. The molecule has 0 heterocycles. The van der Waals surface area contributed by atoms with E-state index < -0.39 is 0 Å². The van der Waals surface area contributed by atoms with E-state index in [9.17, 15) is 9.90 Å². The molecule has 0 unspecified atom stereocenters. The number of rotatable bonds is 16. The van der Waals surface area contributed by atoms with Gasteiger partial charge in [0.15, 0.2) is 13.4 Å². The zero-order valence-corrected chi connectivity index (χ0v) is 19.2. The van der Waals surface area contributed by atoms with Crippen LogP contribution >= 0.6 is 0 Å². The molecule has 0 bridgehead atoms. The Bertz CT molecular complexity index is 835. The van der Waals surface area contributed by atoms with E-state index in [1.807, 2.05) is 0 Å². The predicted molar refractivity (Wildman–Crippen MR) is 122 cm³/mol. The van der Waals surface area contributed by atoms with Gasteiger partial charge in [0.05, 0.1) is 25.4 Å². The zero-order chi connectivity index (χ0) is 23.2. The van der Waals surface area contributed by atoms with Crippen LogP contribution in [0.3, 0.4) is 0 Å². The molecule has 0 aromatic heterocycles. The van der Waals surface area contributed by atoms with Crippen molar-refractivity contribution in [3.8, 4) is 23.0 Å². The molecule has 0 aliphatic carbocycles. The molecule has 0 radical (unpaired) electrons. The van der Waals surface area contributed by atoms with Crippen LogP contribution in [0.5, 0.6) is 23.0 Å². The van der Waals surface area contributed by atoms with Gasteiger partial charge in [-0.25, -0.2) is 0 Å². The molecular weight excluding hydrogens is 412 g/mol. The molecular formula is C25H34O7. The van der Waals surface area contributed by atoms with Crippen molar-refractivity contribution < 1.29 is 33.6 Å². The Balaban J connectivity index is 2.12. The molecule has 0 spiro atoms. The number of benzene rings is 2. The fraction of sp³-hybridized carbons (Fsp3) is 0.480. The smallest absolute Gasteiger partial charge is 0.203 e. The van der Waals surface area contributed by atoms with Crippen molar-refractivity contribution in [2.45, 2.75) is 46.1 Å². The summed E-state index contributed by atoms with van der Waals surface area (Å²) in [5.41, 5.74) is 0.996. The van der Waals surface area contributed by atoms with E-state index in [0.29, 0.717) is 47.3 Å². The zero-order valence-electron chi connectivity index (χ0n) is 19.2. The summed E-state index contributed by atoms with van der Waals surface area (Å²) in [6.45, 7) is 4.96. The maximum atomic E-state index is 12.9. The van der Waals surface area contributed by atoms with Gasteiger partial charge in [-0.2, -0.15) is 0 Å². The van der Waals surface area contributed by atoms with Gasteiger partial charge >= 0.3 is 0 Å². The van der Waals surface area contributed by atoms with Crippen LogP contribution < -0.4 is 18.9 Å². The van der Waals surface area contributed by atoms with Gasteiger partial charge in [0.2, 0.25) is 5.78 Å². The second kappa shape index (κ2) is 14.3. The first kappa shape index (κ1) is 25.5. The molecule has 0 atom stereocenters. The van der Waals surface area contributed by atoms with E-state index in [-0.39, 0.29) is 25.8 Å². The van der Waals surface area contributed by atoms with E-state index in [4.69, 9.17) is 23.7 Å².